The molecule has 0 saturated heterocycles. The summed E-state index contributed by atoms with van der Waals surface area (Å²) < 4.78 is 8.73. The third-order valence-electron chi connectivity index (χ3n) is 12.4. The molecule has 0 amide bonds. The first-order valence-electron chi connectivity index (χ1n) is 21.5. The van der Waals surface area contributed by atoms with Crippen LogP contribution in [0.25, 0.3) is 93.9 Å². The molecule has 12 aromatic rings. The van der Waals surface area contributed by atoms with Crippen LogP contribution in [0.1, 0.15) is 0 Å². The van der Waals surface area contributed by atoms with Gasteiger partial charge in [-0.25, -0.2) is 0 Å². The molecule has 0 aliphatic carbocycles. The van der Waals surface area contributed by atoms with E-state index in [0.717, 1.165) is 61.4 Å². The van der Waals surface area contributed by atoms with Crippen molar-refractivity contribution in [2.45, 2.75) is 0 Å². The van der Waals surface area contributed by atoms with Crippen molar-refractivity contribution in [2.75, 3.05) is 4.90 Å². The smallest absolute Gasteiger partial charge is 0.136 e. The molecule has 0 saturated carbocycles. The molecule has 3 nitrogen and oxygen atoms in total. The van der Waals surface area contributed by atoms with E-state index in [9.17, 15) is 0 Å². The molecule has 0 spiro atoms. The minimum absolute atomic E-state index is 0.888. The van der Waals surface area contributed by atoms with Gasteiger partial charge in [0.05, 0.1) is 16.7 Å². The normalized spacial score (nSPS) is 11.5. The molecule has 0 atom stereocenters. The number of hydrogen-bond acceptors (Lipinski definition) is 2. The Bertz CT molecular complexity index is 3560. The van der Waals surface area contributed by atoms with Crippen molar-refractivity contribution >= 4 is 60.8 Å². The van der Waals surface area contributed by atoms with Gasteiger partial charge >= 0.3 is 0 Å². The Labute approximate surface area is 366 Å². The Morgan fingerprint density at radius 3 is 1.46 bits per heavy atom. The van der Waals surface area contributed by atoms with Gasteiger partial charge in [-0.15, -0.1) is 0 Å². The molecule has 0 aliphatic rings. The summed E-state index contributed by atoms with van der Waals surface area (Å²) in [6.45, 7) is 0. The van der Waals surface area contributed by atoms with E-state index >= 15 is 0 Å². The number of furan rings is 1. The monoisotopic (exact) mass is 804 g/mol. The lowest BCUT2D eigenvalue weighted by Crippen LogP contribution is -2.10. The molecular formula is C60H40N2O. The van der Waals surface area contributed by atoms with Gasteiger partial charge in [0.1, 0.15) is 11.2 Å². The van der Waals surface area contributed by atoms with Crippen molar-refractivity contribution < 1.29 is 4.42 Å². The first-order valence-corrected chi connectivity index (χ1v) is 21.5. The quantitative estimate of drug-likeness (QED) is 0.153. The van der Waals surface area contributed by atoms with Crippen LogP contribution < -0.4 is 4.90 Å². The van der Waals surface area contributed by atoms with Gasteiger partial charge in [-0.05, 0) is 106 Å². The van der Waals surface area contributed by atoms with E-state index in [1.54, 1.807) is 0 Å². The number of anilines is 3. The summed E-state index contributed by atoms with van der Waals surface area (Å²) in [6, 6.07) is 87.1. The summed E-state index contributed by atoms with van der Waals surface area (Å²) in [5.74, 6) is 0. The highest BCUT2D eigenvalue weighted by Gasteiger charge is 2.19. The number of para-hydroxylation sites is 4. The van der Waals surface area contributed by atoms with E-state index in [2.05, 4.69) is 240 Å². The highest BCUT2D eigenvalue weighted by molar-refractivity contribution is 6.13. The molecule has 0 fully saturated rings. The van der Waals surface area contributed by atoms with Gasteiger partial charge in [0.15, 0.2) is 0 Å². The Balaban J connectivity index is 0.986. The zero-order valence-corrected chi connectivity index (χ0v) is 34.4. The van der Waals surface area contributed by atoms with Gasteiger partial charge in [0.25, 0.3) is 0 Å². The number of hydrogen-bond donors (Lipinski definition) is 0. The van der Waals surface area contributed by atoms with Crippen LogP contribution in [0.5, 0.6) is 0 Å². The zero-order chi connectivity index (χ0) is 41.7. The second-order valence-electron chi connectivity index (χ2n) is 16.1. The second-order valence-corrected chi connectivity index (χ2v) is 16.1. The molecule has 10 aromatic carbocycles. The van der Waals surface area contributed by atoms with E-state index in [4.69, 9.17) is 4.42 Å². The predicted octanol–water partition coefficient (Wildman–Crippen LogP) is 16.8. The fraction of sp³-hybridized carbons (Fsp3) is 0. The van der Waals surface area contributed by atoms with Crippen LogP contribution in [0.2, 0.25) is 0 Å². The summed E-state index contributed by atoms with van der Waals surface area (Å²) in [4.78, 5) is 2.37. The average molecular weight is 805 g/mol. The second kappa shape index (κ2) is 15.3. The van der Waals surface area contributed by atoms with Gasteiger partial charge in [-0.1, -0.05) is 176 Å². The van der Waals surface area contributed by atoms with Gasteiger partial charge in [0, 0.05) is 44.2 Å². The topological polar surface area (TPSA) is 21.3 Å². The fourth-order valence-electron chi connectivity index (χ4n) is 9.55. The minimum atomic E-state index is 0.888. The third-order valence-corrected chi connectivity index (χ3v) is 12.4. The third kappa shape index (κ3) is 6.29. The lowest BCUT2D eigenvalue weighted by atomic mass is 9.94. The van der Waals surface area contributed by atoms with Crippen molar-refractivity contribution in [3.8, 4) is 50.2 Å². The van der Waals surface area contributed by atoms with E-state index in [1.165, 1.54) is 49.6 Å². The molecular weight excluding hydrogens is 765 g/mol. The van der Waals surface area contributed by atoms with Crippen molar-refractivity contribution in [3.63, 3.8) is 0 Å². The van der Waals surface area contributed by atoms with Gasteiger partial charge < -0.3 is 13.9 Å². The molecule has 0 aliphatic heterocycles. The van der Waals surface area contributed by atoms with Crippen LogP contribution in [0, 0.1) is 0 Å². The zero-order valence-electron chi connectivity index (χ0n) is 34.4. The SMILES string of the molecule is c1ccc(-c2ccccc2-c2ccc(N(c3ccc(-c4ccccc4-n4c5ccccc5c5ccccc54)cc3)c3cccc(-c4cccc5oc6ccccc6c45)c3)cc2)cc1. The molecule has 0 N–H and O–H groups in total. The highest BCUT2D eigenvalue weighted by atomic mass is 16.3. The van der Waals surface area contributed by atoms with E-state index in [0.29, 0.717) is 0 Å². The molecule has 0 radical (unpaired) electrons. The molecule has 63 heavy (non-hydrogen) atoms. The van der Waals surface area contributed by atoms with Crippen molar-refractivity contribution in [3.05, 3.63) is 243 Å². The van der Waals surface area contributed by atoms with Gasteiger partial charge in [0.2, 0.25) is 0 Å². The number of nitrogens with zero attached hydrogens (tertiary/aromatic N) is 2. The summed E-state index contributed by atoms with van der Waals surface area (Å²) in [6.07, 6.45) is 0. The first kappa shape index (κ1) is 36.5. The van der Waals surface area contributed by atoms with Crippen LogP contribution in [0.4, 0.5) is 17.1 Å². The predicted molar refractivity (Wildman–Crippen MR) is 264 cm³/mol. The van der Waals surface area contributed by atoms with E-state index in [1.807, 2.05) is 12.1 Å². The Morgan fingerprint density at radius 1 is 0.302 bits per heavy atom. The summed E-state index contributed by atoms with van der Waals surface area (Å²) in [5.41, 5.74) is 17.9. The largest absolute Gasteiger partial charge is 0.456 e. The maximum absolute atomic E-state index is 6.32. The van der Waals surface area contributed by atoms with Crippen molar-refractivity contribution in [1.29, 1.82) is 0 Å². The Kier molecular flexibility index (Phi) is 8.83. The summed E-state index contributed by atoms with van der Waals surface area (Å²) in [5, 5.41) is 4.75. The standard InChI is InChI=1S/C60H40N2O/c1-2-16-41(17-3-1)48-20-4-5-21-49(48)42-32-36-45(37-33-42)61(47-19-14-18-44(40-47)51-26-15-31-59-60(51)54-25-9-13-30-58(54)63-59)46-38-34-43(35-39-46)50-22-6-10-27-55(50)62-56-28-11-7-23-52(56)53-24-8-12-29-57(53)62/h1-40H. The summed E-state index contributed by atoms with van der Waals surface area (Å²) >= 11 is 0. The minimum Gasteiger partial charge on any atom is -0.456 e. The van der Waals surface area contributed by atoms with E-state index in [-0.39, 0.29) is 0 Å². The van der Waals surface area contributed by atoms with Crippen LogP contribution in [-0.4, -0.2) is 4.57 Å². The maximum atomic E-state index is 6.32. The molecule has 2 aromatic heterocycles. The van der Waals surface area contributed by atoms with Gasteiger partial charge in [-0.2, -0.15) is 0 Å². The molecule has 296 valence electrons. The number of benzene rings is 10. The molecule has 0 bridgehead atoms. The van der Waals surface area contributed by atoms with Gasteiger partial charge in [-0.3, -0.25) is 0 Å². The van der Waals surface area contributed by atoms with Crippen molar-refractivity contribution in [1.82, 2.24) is 4.57 Å². The lowest BCUT2D eigenvalue weighted by Gasteiger charge is -2.27. The summed E-state index contributed by atoms with van der Waals surface area (Å²) in [7, 11) is 0. The molecule has 3 heteroatoms. The molecule has 2 heterocycles. The van der Waals surface area contributed by atoms with Crippen LogP contribution in [0.15, 0.2) is 247 Å². The highest BCUT2D eigenvalue weighted by Crippen LogP contribution is 2.43. The fourth-order valence-corrected chi connectivity index (χ4v) is 9.55. The number of fused-ring (bicyclic) bond motifs is 6. The Hall–Kier alpha value is -8.40. The number of rotatable bonds is 8. The lowest BCUT2D eigenvalue weighted by molar-refractivity contribution is 0.669. The Morgan fingerprint density at radius 2 is 0.778 bits per heavy atom. The van der Waals surface area contributed by atoms with Crippen LogP contribution >= 0.6 is 0 Å². The van der Waals surface area contributed by atoms with Crippen LogP contribution in [-0.2, 0) is 0 Å². The van der Waals surface area contributed by atoms with Crippen molar-refractivity contribution in [2.24, 2.45) is 0 Å². The van der Waals surface area contributed by atoms with E-state index < -0.39 is 0 Å². The van der Waals surface area contributed by atoms with Crippen LogP contribution in [0.3, 0.4) is 0 Å². The molecule has 0 unspecified atom stereocenters. The number of aromatic nitrogens is 1. The average Bonchev–Trinajstić information content (AvgIpc) is 3.91. The first-order chi connectivity index (χ1) is 31.3. The molecule has 12 rings (SSSR count). The maximum Gasteiger partial charge on any atom is 0.136 e.